The largest absolute Gasteiger partial charge is 0.347 e. The van der Waals surface area contributed by atoms with Crippen molar-refractivity contribution in [2.24, 2.45) is 5.92 Å². The molecule has 35 heavy (non-hydrogen) atoms. The zero-order chi connectivity index (χ0) is 24.7. The van der Waals surface area contributed by atoms with E-state index in [9.17, 15) is 4.79 Å². The monoisotopic (exact) mass is 470 g/mol. The van der Waals surface area contributed by atoms with Gasteiger partial charge >= 0.3 is 0 Å². The predicted molar refractivity (Wildman–Crippen MR) is 139 cm³/mol. The highest BCUT2D eigenvalue weighted by molar-refractivity contribution is 5.98. The lowest BCUT2D eigenvalue weighted by Gasteiger charge is -2.24. The Balaban J connectivity index is 1.48. The zero-order valence-corrected chi connectivity index (χ0v) is 21.2. The van der Waals surface area contributed by atoms with Crippen molar-refractivity contribution < 1.29 is 4.79 Å². The van der Waals surface area contributed by atoms with Crippen molar-refractivity contribution >= 4 is 22.5 Å². The minimum absolute atomic E-state index is 0.106. The second-order valence-corrected chi connectivity index (χ2v) is 10.8. The molecule has 1 fully saturated rings. The summed E-state index contributed by atoms with van der Waals surface area (Å²) in [6.07, 6.45) is 4.66. The summed E-state index contributed by atoms with van der Waals surface area (Å²) < 4.78 is 2.03. The number of rotatable bonds is 5. The van der Waals surface area contributed by atoms with Gasteiger partial charge in [-0.2, -0.15) is 0 Å². The van der Waals surface area contributed by atoms with Gasteiger partial charge in [-0.05, 0) is 76.4 Å². The van der Waals surface area contributed by atoms with E-state index in [4.69, 9.17) is 4.98 Å². The van der Waals surface area contributed by atoms with E-state index in [1.807, 2.05) is 61.6 Å². The van der Waals surface area contributed by atoms with Crippen molar-refractivity contribution in [2.45, 2.75) is 59.0 Å². The number of fused-ring (bicyclic) bond motifs is 2. The van der Waals surface area contributed by atoms with Crippen LogP contribution < -0.4 is 5.32 Å². The van der Waals surface area contributed by atoms with Crippen LogP contribution >= 0.6 is 0 Å². The topological polar surface area (TPSA) is 75.4 Å². The summed E-state index contributed by atoms with van der Waals surface area (Å²) in [6, 6.07) is 14.1. The van der Waals surface area contributed by atoms with Gasteiger partial charge in [0.1, 0.15) is 5.69 Å². The first-order valence-corrected chi connectivity index (χ1v) is 12.5. The van der Waals surface area contributed by atoms with Crippen molar-refractivity contribution in [3.05, 3.63) is 59.8 Å². The van der Waals surface area contributed by atoms with Crippen LogP contribution in [0.2, 0.25) is 0 Å². The summed E-state index contributed by atoms with van der Waals surface area (Å²) in [4.78, 5) is 20.1. The molecular weight excluding hydrogens is 436 g/mol. The van der Waals surface area contributed by atoms with E-state index in [1.54, 1.807) is 0 Å². The lowest BCUT2D eigenvalue weighted by Crippen LogP contribution is -2.40. The molecule has 1 N–H and O–H groups in total. The van der Waals surface area contributed by atoms with E-state index in [-0.39, 0.29) is 11.4 Å². The minimum Gasteiger partial charge on any atom is -0.347 e. The van der Waals surface area contributed by atoms with Gasteiger partial charge < -0.3 is 5.32 Å². The van der Waals surface area contributed by atoms with E-state index >= 15 is 0 Å². The third-order valence-electron chi connectivity index (χ3n) is 7.02. The number of hydrogen-bond donors (Lipinski definition) is 1. The molecule has 7 nitrogen and oxygen atoms in total. The van der Waals surface area contributed by atoms with Crippen LogP contribution in [-0.4, -0.2) is 49.0 Å². The average molecular weight is 471 g/mol. The van der Waals surface area contributed by atoms with Gasteiger partial charge in [0.25, 0.3) is 5.91 Å². The Labute approximate surface area is 206 Å². The van der Waals surface area contributed by atoms with Crippen molar-refractivity contribution in [1.29, 1.82) is 0 Å². The number of likely N-dealkylation sites (tertiary alicyclic amines) is 1. The fraction of sp³-hybridized carbons (Fsp3) is 0.429. The number of pyridine rings is 2. The second-order valence-electron chi connectivity index (χ2n) is 10.8. The van der Waals surface area contributed by atoms with Crippen LogP contribution in [0.1, 0.15) is 69.4 Å². The Morgan fingerprint density at radius 1 is 1.14 bits per heavy atom. The molecule has 4 aromatic rings. The van der Waals surface area contributed by atoms with Crippen molar-refractivity contribution in [2.75, 3.05) is 13.1 Å². The van der Waals surface area contributed by atoms with Gasteiger partial charge in [0, 0.05) is 35.3 Å². The summed E-state index contributed by atoms with van der Waals surface area (Å²) >= 11 is 0. The number of amides is 1. The molecule has 0 unspecified atom stereocenters. The third-order valence-corrected chi connectivity index (χ3v) is 7.02. The molecule has 7 heteroatoms. The van der Waals surface area contributed by atoms with Crippen LogP contribution in [-0.2, 0) is 0 Å². The highest BCUT2D eigenvalue weighted by Gasteiger charge is 2.26. The Morgan fingerprint density at radius 3 is 2.69 bits per heavy atom. The van der Waals surface area contributed by atoms with Crippen LogP contribution in [0.4, 0.5) is 0 Å². The third kappa shape index (κ3) is 4.78. The molecule has 0 radical (unpaired) electrons. The molecule has 5 rings (SSSR count). The average Bonchev–Trinajstić information content (AvgIpc) is 3.48. The molecule has 0 bridgehead atoms. The first-order chi connectivity index (χ1) is 16.7. The van der Waals surface area contributed by atoms with E-state index < -0.39 is 0 Å². The molecule has 0 aliphatic carbocycles. The van der Waals surface area contributed by atoms with Gasteiger partial charge in [-0.3, -0.25) is 14.1 Å². The summed E-state index contributed by atoms with van der Waals surface area (Å²) in [5.74, 6) is 1.39. The molecule has 1 saturated heterocycles. The molecule has 3 aromatic heterocycles. The SMILES string of the molecule is CC[C@H]1CCN([C@@H](C)c2ccc3nnc(-c4ccc5ccc(C(=O)NC(C)(C)C)cc5n4)n3c2)C1. The van der Waals surface area contributed by atoms with E-state index in [0.717, 1.165) is 41.3 Å². The van der Waals surface area contributed by atoms with E-state index in [0.29, 0.717) is 17.4 Å². The lowest BCUT2D eigenvalue weighted by molar-refractivity contribution is 0.0919. The van der Waals surface area contributed by atoms with Crippen molar-refractivity contribution in [3.63, 3.8) is 0 Å². The Bertz CT molecular complexity index is 1390. The van der Waals surface area contributed by atoms with Gasteiger partial charge in [-0.15, -0.1) is 10.2 Å². The maximum atomic E-state index is 12.7. The number of carbonyl (C=O) groups excluding carboxylic acids is 1. The summed E-state index contributed by atoms with van der Waals surface area (Å²) in [7, 11) is 0. The standard InChI is InChI=1S/C28H34N6O/c1-6-19-13-14-33(16-19)18(2)22-10-12-25-31-32-26(34(25)17-22)23-11-9-20-7-8-21(15-24(20)29-23)27(35)30-28(3,4)5/h7-12,15,17-19H,6,13-14,16H2,1-5H3,(H,30,35)/t18-,19-/m0/s1. The van der Waals surface area contributed by atoms with Crippen LogP contribution in [0.5, 0.6) is 0 Å². The summed E-state index contributed by atoms with van der Waals surface area (Å²) in [6.45, 7) is 12.8. The molecule has 4 heterocycles. The second kappa shape index (κ2) is 9.04. The molecule has 182 valence electrons. The number of carbonyl (C=O) groups is 1. The highest BCUT2D eigenvalue weighted by Crippen LogP contribution is 2.30. The van der Waals surface area contributed by atoms with E-state index in [1.165, 1.54) is 18.4 Å². The van der Waals surface area contributed by atoms with Gasteiger partial charge in [0.15, 0.2) is 11.5 Å². The molecular formula is C28H34N6O. The van der Waals surface area contributed by atoms with Gasteiger partial charge in [0.05, 0.1) is 5.52 Å². The quantitative estimate of drug-likeness (QED) is 0.430. The predicted octanol–water partition coefficient (Wildman–Crippen LogP) is 5.27. The summed E-state index contributed by atoms with van der Waals surface area (Å²) in [5, 5.41) is 12.8. The minimum atomic E-state index is -0.302. The Morgan fingerprint density at radius 2 is 1.94 bits per heavy atom. The molecule has 1 amide bonds. The molecule has 1 aromatic carbocycles. The van der Waals surface area contributed by atoms with Gasteiger partial charge in [0.2, 0.25) is 0 Å². The maximum Gasteiger partial charge on any atom is 0.251 e. The fourth-order valence-corrected chi connectivity index (χ4v) is 4.88. The number of aromatic nitrogens is 4. The van der Waals surface area contributed by atoms with Crippen LogP contribution in [0.15, 0.2) is 48.7 Å². The molecule has 1 aliphatic rings. The number of nitrogens with zero attached hydrogens (tertiary/aromatic N) is 5. The smallest absolute Gasteiger partial charge is 0.251 e. The van der Waals surface area contributed by atoms with Gasteiger partial charge in [-0.1, -0.05) is 31.5 Å². The zero-order valence-electron chi connectivity index (χ0n) is 21.2. The first-order valence-electron chi connectivity index (χ1n) is 12.5. The molecule has 1 aliphatic heterocycles. The summed E-state index contributed by atoms with van der Waals surface area (Å²) in [5.41, 5.74) is 3.82. The Hall–Kier alpha value is -3.32. The maximum absolute atomic E-state index is 12.7. The molecule has 2 atom stereocenters. The van der Waals surface area contributed by atoms with Crippen LogP contribution in [0.3, 0.4) is 0 Å². The number of nitrogens with one attached hydrogen (secondary N) is 1. The highest BCUT2D eigenvalue weighted by atomic mass is 16.1. The lowest BCUT2D eigenvalue weighted by atomic mass is 10.1. The normalized spacial score (nSPS) is 17.8. The van der Waals surface area contributed by atoms with Gasteiger partial charge in [-0.25, -0.2) is 4.98 Å². The Kier molecular flexibility index (Phi) is 6.05. The fourth-order valence-electron chi connectivity index (χ4n) is 4.88. The van der Waals surface area contributed by atoms with Crippen molar-refractivity contribution in [3.8, 4) is 11.5 Å². The first kappa shape index (κ1) is 23.4. The number of benzene rings is 1. The van der Waals surface area contributed by atoms with E-state index in [2.05, 4.69) is 46.5 Å². The molecule has 0 saturated carbocycles. The molecule has 0 spiro atoms. The van der Waals surface area contributed by atoms with Crippen molar-refractivity contribution in [1.82, 2.24) is 29.8 Å². The van der Waals surface area contributed by atoms with Crippen LogP contribution in [0, 0.1) is 5.92 Å². The number of hydrogen-bond acceptors (Lipinski definition) is 5. The van der Waals surface area contributed by atoms with Crippen LogP contribution in [0.25, 0.3) is 28.1 Å².